The Balaban J connectivity index is 0.964. The van der Waals surface area contributed by atoms with Crippen LogP contribution in [0.15, 0.2) is 77.9 Å². The first-order chi connectivity index (χ1) is 26.6. The van der Waals surface area contributed by atoms with Gasteiger partial charge in [0, 0.05) is 42.9 Å². The maximum Gasteiger partial charge on any atom is 0.306 e. The molecule has 0 bridgehead atoms. The van der Waals surface area contributed by atoms with Gasteiger partial charge in [-0.3, -0.25) is 19.2 Å². The van der Waals surface area contributed by atoms with Gasteiger partial charge in [-0.1, -0.05) is 86.6 Å². The van der Waals surface area contributed by atoms with Gasteiger partial charge in [-0.15, -0.1) is 0 Å². The van der Waals surface area contributed by atoms with Crippen LogP contribution < -0.4 is 0 Å². The van der Waals surface area contributed by atoms with Crippen molar-refractivity contribution >= 4 is 23.5 Å². The van der Waals surface area contributed by atoms with Crippen molar-refractivity contribution in [1.29, 1.82) is 0 Å². The van der Waals surface area contributed by atoms with E-state index in [-0.39, 0.29) is 53.2 Å². The van der Waals surface area contributed by atoms with E-state index in [9.17, 15) is 34.5 Å². The van der Waals surface area contributed by atoms with E-state index in [1.165, 1.54) is 18.1 Å². The fraction of sp³-hybridized carbons (Fsp3) is 0.617. The van der Waals surface area contributed by atoms with Gasteiger partial charge in [0.1, 0.15) is 11.7 Å². The van der Waals surface area contributed by atoms with Crippen LogP contribution in [0.3, 0.4) is 0 Å². The van der Waals surface area contributed by atoms with E-state index in [1.807, 2.05) is 67.6 Å². The maximum absolute atomic E-state index is 13.7. The fourth-order valence-corrected chi connectivity index (χ4v) is 11.3. The highest BCUT2D eigenvalue weighted by Crippen LogP contribution is 2.70. The zero-order valence-corrected chi connectivity index (χ0v) is 33.7. The number of allylic oxidation sites excluding steroid dienone is 6. The molecule has 0 aromatic heterocycles. The van der Waals surface area contributed by atoms with Gasteiger partial charge >= 0.3 is 11.9 Å². The number of fused-ring (bicyclic) bond motifs is 5. The molecule has 9 heteroatoms. The SMILES string of the molecule is CC(=O)O[C@H](/C=C/[C@@H]1[C@@H](C/C=C\CCCC(=O)OCC(=O)[C@@]2(O)CC[C@@H]3[C@]2(C)CC=C2[C@@]4(C)CCC(=O)C=C4CC[C@]23C)[C@@H](O)C[C@H]1O)CCc1ccccc1. The van der Waals surface area contributed by atoms with E-state index in [0.29, 0.717) is 44.9 Å². The molecular formula is C47H62O9. The summed E-state index contributed by atoms with van der Waals surface area (Å²) in [5.74, 6) is -1.47. The number of hydrogen-bond acceptors (Lipinski definition) is 9. The average Bonchev–Trinajstić information content (AvgIpc) is 3.60. The number of esters is 2. The summed E-state index contributed by atoms with van der Waals surface area (Å²) in [6, 6.07) is 9.97. The molecule has 9 nitrogen and oxygen atoms in total. The molecular weight excluding hydrogens is 709 g/mol. The van der Waals surface area contributed by atoms with Crippen molar-refractivity contribution in [3.63, 3.8) is 0 Å². The van der Waals surface area contributed by atoms with E-state index in [1.54, 1.807) is 0 Å². The Hall–Kier alpha value is -3.66. The lowest BCUT2D eigenvalue weighted by molar-refractivity contribution is -0.165. The van der Waals surface area contributed by atoms with Crippen LogP contribution in [0, 0.1) is 34.0 Å². The minimum absolute atomic E-state index is 0.102. The number of aliphatic hydroxyl groups is 3. The summed E-state index contributed by atoms with van der Waals surface area (Å²) in [7, 11) is 0. The molecule has 6 rings (SSSR count). The van der Waals surface area contributed by atoms with Crippen LogP contribution in [0.2, 0.25) is 0 Å². The highest BCUT2D eigenvalue weighted by atomic mass is 16.5. The average molecular weight is 771 g/mol. The maximum atomic E-state index is 13.7. The van der Waals surface area contributed by atoms with Gasteiger partial charge in [0.2, 0.25) is 5.78 Å². The Labute approximate surface area is 332 Å². The summed E-state index contributed by atoms with van der Waals surface area (Å²) in [5.41, 5.74) is 1.13. The summed E-state index contributed by atoms with van der Waals surface area (Å²) in [5, 5.41) is 33.5. The normalized spacial score (nSPS) is 35.7. The van der Waals surface area contributed by atoms with Crippen LogP contribution in [0.4, 0.5) is 0 Å². The predicted octanol–water partition coefficient (Wildman–Crippen LogP) is 7.27. The quantitative estimate of drug-likeness (QED) is 0.0952. The van der Waals surface area contributed by atoms with Crippen LogP contribution >= 0.6 is 0 Å². The molecule has 1 aromatic rings. The molecule has 0 amide bonds. The van der Waals surface area contributed by atoms with Crippen LogP contribution in [0.5, 0.6) is 0 Å². The Bertz CT molecular complexity index is 1760. The largest absolute Gasteiger partial charge is 0.458 e. The number of ketones is 2. The van der Waals surface area contributed by atoms with Crippen molar-refractivity contribution in [2.75, 3.05) is 6.61 Å². The first-order valence-electron chi connectivity index (χ1n) is 20.9. The predicted molar refractivity (Wildman–Crippen MR) is 213 cm³/mol. The lowest BCUT2D eigenvalue weighted by atomic mass is 9.44. The van der Waals surface area contributed by atoms with Crippen molar-refractivity contribution in [2.24, 2.45) is 34.0 Å². The number of aryl methyl sites for hydroxylation is 1. The monoisotopic (exact) mass is 770 g/mol. The zero-order valence-electron chi connectivity index (χ0n) is 33.7. The summed E-state index contributed by atoms with van der Waals surface area (Å²) in [4.78, 5) is 50.4. The second kappa shape index (κ2) is 17.1. The van der Waals surface area contributed by atoms with Crippen LogP contribution in [0.1, 0.15) is 117 Å². The molecule has 0 heterocycles. The summed E-state index contributed by atoms with van der Waals surface area (Å²) in [6.07, 6.45) is 18.1. The summed E-state index contributed by atoms with van der Waals surface area (Å²) in [6.45, 7) is 7.52. The third kappa shape index (κ3) is 8.32. The first kappa shape index (κ1) is 42.0. The Morgan fingerprint density at radius 2 is 1.77 bits per heavy atom. The van der Waals surface area contributed by atoms with Crippen molar-refractivity contribution in [2.45, 2.75) is 141 Å². The fourth-order valence-electron chi connectivity index (χ4n) is 11.3. The highest BCUT2D eigenvalue weighted by molar-refractivity contribution is 5.92. The standard InChI is InChI=1S/C47H62O9/c1-31(48)56-35(17-16-32-12-8-7-9-13-32)18-19-37-36(38(50)29-39(37)51)14-10-5-6-11-15-43(53)55-30-42(52)47(54)27-23-41-45(3)24-20-33-28-34(49)21-25-44(33,2)40(45)22-26-46(41,47)4/h5,7-10,12-13,18-19,22,28,35-39,41,50-51,54H,6,11,14-17,20-21,23-27,29-30H2,1-4H3/b10-5-,19-18+/t35-,36+,37+,38-,39+,41-,44-,45+,46-,47-/m0/s1. The van der Waals surface area contributed by atoms with Gasteiger partial charge < -0.3 is 24.8 Å². The number of carbonyl (C=O) groups is 4. The number of Topliss-reactive ketones (excluding diaryl/α,β-unsaturated/α-hetero) is 1. The Morgan fingerprint density at radius 3 is 2.52 bits per heavy atom. The molecule has 304 valence electrons. The molecule has 3 saturated carbocycles. The van der Waals surface area contributed by atoms with E-state index in [2.05, 4.69) is 19.9 Å². The minimum atomic E-state index is -1.58. The van der Waals surface area contributed by atoms with Gasteiger partial charge in [-0.05, 0) is 106 Å². The zero-order chi connectivity index (χ0) is 40.3. The van der Waals surface area contributed by atoms with Gasteiger partial charge in [0.25, 0.3) is 0 Å². The molecule has 0 spiro atoms. The van der Waals surface area contributed by atoms with Gasteiger partial charge in [0.15, 0.2) is 12.4 Å². The van der Waals surface area contributed by atoms with E-state index < -0.39 is 47.7 Å². The van der Waals surface area contributed by atoms with E-state index in [4.69, 9.17) is 9.47 Å². The number of hydrogen-bond donors (Lipinski definition) is 3. The van der Waals surface area contributed by atoms with Crippen molar-refractivity contribution in [1.82, 2.24) is 0 Å². The molecule has 0 unspecified atom stereocenters. The lowest BCUT2D eigenvalue weighted by Gasteiger charge is -2.59. The molecule has 1 aromatic carbocycles. The lowest BCUT2D eigenvalue weighted by Crippen LogP contribution is -2.58. The molecule has 0 radical (unpaired) electrons. The second-order valence-corrected chi connectivity index (χ2v) is 17.9. The minimum Gasteiger partial charge on any atom is -0.458 e. The number of rotatable bonds is 15. The summed E-state index contributed by atoms with van der Waals surface area (Å²) >= 11 is 0. The van der Waals surface area contributed by atoms with Crippen molar-refractivity contribution in [3.8, 4) is 0 Å². The summed E-state index contributed by atoms with van der Waals surface area (Å²) < 4.78 is 11.0. The van der Waals surface area contributed by atoms with Crippen LogP contribution in [-0.2, 0) is 35.1 Å². The molecule has 0 saturated heterocycles. The number of unbranched alkanes of at least 4 members (excludes halogenated alkanes) is 1. The smallest absolute Gasteiger partial charge is 0.306 e. The first-order valence-corrected chi connectivity index (χ1v) is 20.9. The van der Waals surface area contributed by atoms with Crippen molar-refractivity contribution < 1.29 is 44.0 Å². The van der Waals surface area contributed by atoms with Gasteiger partial charge in [-0.2, -0.15) is 0 Å². The molecule has 10 atom stereocenters. The Morgan fingerprint density at radius 1 is 1.00 bits per heavy atom. The Kier molecular flexibility index (Phi) is 12.8. The number of aliphatic hydroxyl groups excluding tert-OH is 2. The van der Waals surface area contributed by atoms with Crippen LogP contribution in [0.25, 0.3) is 0 Å². The number of ether oxygens (including phenoxy) is 2. The molecule has 0 aliphatic heterocycles. The molecule has 5 aliphatic carbocycles. The number of carbonyl (C=O) groups excluding carboxylic acids is 4. The van der Waals surface area contributed by atoms with E-state index >= 15 is 0 Å². The highest BCUT2D eigenvalue weighted by Gasteiger charge is 2.67. The van der Waals surface area contributed by atoms with Gasteiger partial charge in [-0.25, -0.2) is 0 Å². The van der Waals surface area contributed by atoms with Crippen molar-refractivity contribution in [3.05, 3.63) is 83.5 Å². The molecule has 5 aliphatic rings. The topological polar surface area (TPSA) is 147 Å². The third-order valence-corrected chi connectivity index (χ3v) is 14.5. The third-order valence-electron chi connectivity index (χ3n) is 14.5. The molecule has 3 N–H and O–H groups in total. The van der Waals surface area contributed by atoms with E-state index in [0.717, 1.165) is 37.7 Å². The number of benzene rings is 1. The van der Waals surface area contributed by atoms with Gasteiger partial charge in [0.05, 0.1) is 12.2 Å². The second-order valence-electron chi connectivity index (χ2n) is 17.9. The van der Waals surface area contributed by atoms with Crippen LogP contribution in [-0.4, -0.2) is 69.3 Å². The molecule has 3 fully saturated rings. The molecule has 56 heavy (non-hydrogen) atoms.